The second-order valence-corrected chi connectivity index (χ2v) is 8.75. The van der Waals surface area contributed by atoms with Crippen molar-refractivity contribution < 1.29 is 5.11 Å². The average Bonchev–Trinajstić information content (AvgIpc) is 3.23. The van der Waals surface area contributed by atoms with Crippen LogP contribution in [0, 0.1) is 13.8 Å². The van der Waals surface area contributed by atoms with Gasteiger partial charge in [0.15, 0.2) is 5.11 Å². The third-order valence-electron chi connectivity index (χ3n) is 5.64. The van der Waals surface area contributed by atoms with Gasteiger partial charge in [-0.05, 0) is 84.3 Å². The molecule has 2 N–H and O–H groups in total. The molecule has 0 spiro atoms. The highest BCUT2D eigenvalue weighted by molar-refractivity contribution is 9.10. The standard InChI is InChI=1S/C23H25BrN4OS/c1-15-14-17(16(2)28(15)20-10-4-3-8-18(20)24)22-21(19-9-5-6-11-25-19)26-23(30)27(22)12-7-13-29/h3-6,8-11,14,21-22,29H,7,12-13H2,1-2H3,(H,26,30). The van der Waals surface area contributed by atoms with E-state index >= 15 is 0 Å². The number of aliphatic hydroxyl groups is 1. The van der Waals surface area contributed by atoms with Crippen LogP contribution in [0.2, 0.25) is 0 Å². The smallest absolute Gasteiger partial charge is 0.170 e. The third kappa shape index (κ3) is 3.77. The summed E-state index contributed by atoms with van der Waals surface area (Å²) in [6.45, 7) is 5.11. The summed E-state index contributed by atoms with van der Waals surface area (Å²) in [6, 6.07) is 16.4. The van der Waals surface area contributed by atoms with E-state index in [1.165, 1.54) is 11.3 Å². The molecule has 30 heavy (non-hydrogen) atoms. The molecule has 7 heteroatoms. The van der Waals surface area contributed by atoms with Crippen LogP contribution in [0.25, 0.3) is 5.69 Å². The van der Waals surface area contributed by atoms with Gasteiger partial charge in [0.25, 0.3) is 0 Å². The van der Waals surface area contributed by atoms with Gasteiger partial charge in [0, 0.05) is 35.2 Å². The maximum Gasteiger partial charge on any atom is 0.170 e. The molecule has 1 fully saturated rings. The summed E-state index contributed by atoms with van der Waals surface area (Å²) in [7, 11) is 0. The van der Waals surface area contributed by atoms with Crippen molar-refractivity contribution >= 4 is 33.3 Å². The number of pyridine rings is 1. The summed E-state index contributed by atoms with van der Waals surface area (Å²) >= 11 is 9.39. The first-order valence-electron chi connectivity index (χ1n) is 10.1. The van der Waals surface area contributed by atoms with Crippen molar-refractivity contribution in [3.05, 3.63) is 81.8 Å². The van der Waals surface area contributed by atoms with Crippen molar-refractivity contribution in [1.29, 1.82) is 0 Å². The largest absolute Gasteiger partial charge is 0.396 e. The maximum atomic E-state index is 9.42. The molecular weight excluding hydrogens is 460 g/mol. The van der Waals surface area contributed by atoms with E-state index in [0.29, 0.717) is 18.1 Å². The number of benzene rings is 1. The molecule has 2 unspecified atom stereocenters. The van der Waals surface area contributed by atoms with Crippen molar-refractivity contribution in [1.82, 2.24) is 19.8 Å². The number of thiocarbonyl (C=S) groups is 1. The van der Waals surface area contributed by atoms with Crippen LogP contribution in [0.15, 0.2) is 59.2 Å². The number of rotatable bonds is 6. The number of aryl methyl sites for hydroxylation is 1. The predicted octanol–water partition coefficient (Wildman–Crippen LogP) is 4.61. The molecule has 0 saturated carbocycles. The van der Waals surface area contributed by atoms with Crippen molar-refractivity contribution in [2.45, 2.75) is 32.4 Å². The molecule has 3 heterocycles. The van der Waals surface area contributed by atoms with Crippen LogP contribution in [0.1, 0.15) is 41.1 Å². The van der Waals surface area contributed by atoms with Gasteiger partial charge in [-0.2, -0.15) is 0 Å². The van der Waals surface area contributed by atoms with E-state index in [1.54, 1.807) is 0 Å². The number of para-hydroxylation sites is 1. The summed E-state index contributed by atoms with van der Waals surface area (Å²) in [5.41, 5.74) is 5.62. The predicted molar refractivity (Wildman–Crippen MR) is 127 cm³/mol. The molecule has 1 aliphatic heterocycles. The highest BCUT2D eigenvalue weighted by atomic mass is 79.9. The van der Waals surface area contributed by atoms with E-state index in [4.69, 9.17) is 12.2 Å². The maximum absolute atomic E-state index is 9.42. The van der Waals surface area contributed by atoms with Gasteiger partial charge in [0.05, 0.1) is 23.5 Å². The second-order valence-electron chi connectivity index (χ2n) is 7.51. The van der Waals surface area contributed by atoms with Crippen LogP contribution < -0.4 is 5.32 Å². The molecule has 1 aliphatic rings. The summed E-state index contributed by atoms with van der Waals surface area (Å²) in [4.78, 5) is 6.80. The fourth-order valence-electron chi connectivity index (χ4n) is 4.32. The molecule has 1 saturated heterocycles. The Kier molecular flexibility index (Phi) is 6.22. The summed E-state index contributed by atoms with van der Waals surface area (Å²) < 4.78 is 3.33. The SMILES string of the molecule is Cc1cc(C2C(c3ccccn3)NC(=S)N2CCCO)c(C)n1-c1ccccc1Br. The molecule has 2 aromatic heterocycles. The minimum absolute atomic E-state index is 0.00128. The van der Waals surface area contributed by atoms with E-state index in [9.17, 15) is 5.11 Å². The fourth-order valence-corrected chi connectivity index (χ4v) is 5.11. The lowest BCUT2D eigenvalue weighted by molar-refractivity contribution is 0.247. The van der Waals surface area contributed by atoms with Crippen LogP contribution in [0.5, 0.6) is 0 Å². The van der Waals surface area contributed by atoms with E-state index in [1.807, 2.05) is 30.5 Å². The second kappa shape index (κ2) is 8.88. The molecule has 156 valence electrons. The summed E-state index contributed by atoms with van der Waals surface area (Å²) in [5.74, 6) is 0. The lowest BCUT2D eigenvalue weighted by atomic mass is 9.96. The average molecular weight is 485 g/mol. The van der Waals surface area contributed by atoms with Crippen LogP contribution >= 0.6 is 28.1 Å². The Balaban J connectivity index is 1.83. The fraction of sp³-hybridized carbons (Fsp3) is 0.304. The minimum atomic E-state index is -0.0504. The van der Waals surface area contributed by atoms with Crippen molar-refractivity contribution in [3.63, 3.8) is 0 Å². The zero-order chi connectivity index (χ0) is 21.3. The first-order valence-corrected chi connectivity index (χ1v) is 11.3. The quantitative estimate of drug-likeness (QED) is 0.500. The van der Waals surface area contributed by atoms with Crippen LogP contribution in [0.4, 0.5) is 0 Å². The van der Waals surface area contributed by atoms with Crippen molar-refractivity contribution in [2.24, 2.45) is 0 Å². The van der Waals surface area contributed by atoms with Crippen LogP contribution in [0.3, 0.4) is 0 Å². The minimum Gasteiger partial charge on any atom is -0.396 e. The molecule has 0 bridgehead atoms. The topological polar surface area (TPSA) is 53.3 Å². The number of nitrogens with one attached hydrogen (secondary N) is 1. The molecule has 3 aromatic rings. The number of hydrogen-bond donors (Lipinski definition) is 2. The van der Waals surface area contributed by atoms with Gasteiger partial charge in [-0.3, -0.25) is 4.98 Å². The normalized spacial score (nSPS) is 18.7. The number of aromatic nitrogens is 2. The highest BCUT2D eigenvalue weighted by Crippen LogP contribution is 2.41. The molecule has 0 aliphatic carbocycles. The number of hydrogen-bond acceptors (Lipinski definition) is 3. The van der Waals surface area contributed by atoms with Gasteiger partial charge >= 0.3 is 0 Å². The first-order chi connectivity index (χ1) is 14.5. The molecule has 4 rings (SSSR count). The van der Waals surface area contributed by atoms with E-state index in [0.717, 1.165) is 21.5 Å². The highest BCUT2D eigenvalue weighted by Gasteiger charge is 2.41. The van der Waals surface area contributed by atoms with Crippen molar-refractivity contribution in [3.8, 4) is 5.69 Å². The number of halogens is 1. The lowest BCUT2D eigenvalue weighted by Gasteiger charge is -2.28. The number of nitrogens with zero attached hydrogens (tertiary/aromatic N) is 3. The van der Waals surface area contributed by atoms with Gasteiger partial charge in [-0.1, -0.05) is 18.2 Å². The first kappa shape index (κ1) is 21.0. The van der Waals surface area contributed by atoms with E-state index in [-0.39, 0.29) is 18.7 Å². The van der Waals surface area contributed by atoms with E-state index in [2.05, 4.69) is 73.8 Å². The van der Waals surface area contributed by atoms with Crippen LogP contribution in [-0.2, 0) is 0 Å². The Morgan fingerprint density at radius 2 is 1.93 bits per heavy atom. The summed E-state index contributed by atoms with van der Waals surface area (Å²) in [6.07, 6.45) is 2.48. The molecule has 1 aromatic carbocycles. The van der Waals surface area contributed by atoms with Gasteiger partial charge in [-0.15, -0.1) is 0 Å². The lowest BCUT2D eigenvalue weighted by Crippen LogP contribution is -2.31. The van der Waals surface area contributed by atoms with Gasteiger partial charge in [-0.25, -0.2) is 0 Å². The molecule has 5 nitrogen and oxygen atoms in total. The van der Waals surface area contributed by atoms with Gasteiger partial charge < -0.3 is 19.9 Å². The number of aliphatic hydroxyl groups excluding tert-OH is 1. The Morgan fingerprint density at radius 3 is 2.63 bits per heavy atom. The Hall–Kier alpha value is -2.22. The Labute approximate surface area is 190 Å². The molecule has 0 amide bonds. The van der Waals surface area contributed by atoms with E-state index < -0.39 is 0 Å². The third-order valence-corrected chi connectivity index (χ3v) is 6.66. The molecule has 2 atom stereocenters. The molecular formula is C23H25BrN4OS. The van der Waals surface area contributed by atoms with Crippen LogP contribution in [-0.4, -0.2) is 37.8 Å². The summed E-state index contributed by atoms with van der Waals surface area (Å²) in [5, 5.41) is 13.6. The molecule has 0 radical (unpaired) electrons. The zero-order valence-electron chi connectivity index (χ0n) is 17.0. The van der Waals surface area contributed by atoms with Gasteiger partial charge in [0.2, 0.25) is 0 Å². The van der Waals surface area contributed by atoms with Gasteiger partial charge in [0.1, 0.15) is 0 Å². The monoisotopic (exact) mass is 484 g/mol. The Morgan fingerprint density at radius 1 is 1.17 bits per heavy atom. The Bertz CT molecular complexity index is 1050. The van der Waals surface area contributed by atoms with Crippen molar-refractivity contribution in [2.75, 3.05) is 13.2 Å². The zero-order valence-corrected chi connectivity index (χ0v) is 19.4.